The van der Waals surface area contributed by atoms with Gasteiger partial charge in [0.1, 0.15) is 0 Å². The molecule has 21 heteroatoms. The van der Waals surface area contributed by atoms with E-state index >= 15 is 0 Å². The van der Waals surface area contributed by atoms with E-state index in [1.165, 1.54) is 0 Å². The fourth-order valence-electron chi connectivity index (χ4n) is 1.38. The standard InChI is InChI=1S/C4N8O13/c13-7(14)3(8(15)16,9(17)18)1-5-2(25-6-1)4(10(19)20,11(21)22)12(23)24. The fourth-order valence-corrected chi connectivity index (χ4v) is 1.38. The van der Waals surface area contributed by atoms with Gasteiger partial charge in [-0.15, -0.1) is 0 Å². The van der Waals surface area contributed by atoms with Gasteiger partial charge in [0.25, 0.3) is 0 Å². The molecule has 1 aromatic rings. The lowest BCUT2D eigenvalue weighted by Gasteiger charge is -2.04. The molecule has 0 atom stereocenters. The van der Waals surface area contributed by atoms with Crippen LogP contribution in [0.4, 0.5) is 0 Å². The van der Waals surface area contributed by atoms with Gasteiger partial charge in [-0.1, -0.05) is 0 Å². The lowest BCUT2D eigenvalue weighted by Crippen LogP contribution is -2.52. The summed E-state index contributed by atoms with van der Waals surface area (Å²) in [6, 6.07) is 0. The Labute approximate surface area is 129 Å². The average Bonchev–Trinajstić information content (AvgIpc) is 2.87. The van der Waals surface area contributed by atoms with Gasteiger partial charge in [0.15, 0.2) is 29.5 Å². The van der Waals surface area contributed by atoms with Crippen molar-refractivity contribution in [1.82, 2.24) is 10.1 Å². The van der Waals surface area contributed by atoms with Gasteiger partial charge in [-0.25, -0.2) is 0 Å². The molecule has 0 spiro atoms. The van der Waals surface area contributed by atoms with Gasteiger partial charge in [-0.3, -0.25) is 60.7 Å². The predicted molar refractivity (Wildman–Crippen MR) is 59.6 cm³/mol. The van der Waals surface area contributed by atoms with Gasteiger partial charge in [-0.2, -0.15) is 4.98 Å². The van der Waals surface area contributed by atoms with Crippen LogP contribution in [0.3, 0.4) is 0 Å². The number of hydrogen-bond acceptors (Lipinski definition) is 15. The summed E-state index contributed by atoms with van der Waals surface area (Å²) in [5.41, 5.74) is 0. The molecule has 0 aliphatic rings. The molecule has 0 radical (unpaired) electrons. The van der Waals surface area contributed by atoms with E-state index in [9.17, 15) is 60.7 Å². The Morgan fingerprint density at radius 1 is 0.640 bits per heavy atom. The first-order valence-electron chi connectivity index (χ1n) is 5.09. The first-order chi connectivity index (χ1) is 11.4. The molecule has 0 aliphatic heterocycles. The molecule has 1 heterocycles. The molecule has 1 aromatic heterocycles. The number of aromatic nitrogens is 2. The minimum Gasteiger partial charge on any atom is -0.315 e. The SMILES string of the molecule is O=[N+]([O-])C(c1noc(C([N+](=O)[O-])([N+](=O)[O-])[N+](=O)[O-])n1)([N+](=O)[O-])[N+](=O)[O-]. The zero-order valence-electron chi connectivity index (χ0n) is 10.9. The van der Waals surface area contributed by atoms with E-state index in [1.807, 2.05) is 0 Å². The molecule has 0 N–H and O–H groups in total. The summed E-state index contributed by atoms with van der Waals surface area (Å²) in [5, 5.41) is 66.9. The normalized spacial score (nSPS) is 11.5. The average molecular weight is 368 g/mol. The highest BCUT2D eigenvalue weighted by Crippen LogP contribution is 2.29. The summed E-state index contributed by atoms with van der Waals surface area (Å²) in [6.07, 6.45) is 0. The second-order valence-electron chi connectivity index (χ2n) is 3.74. The van der Waals surface area contributed by atoms with E-state index < -0.39 is 52.8 Å². The largest absolute Gasteiger partial charge is 0.782 e. The van der Waals surface area contributed by atoms with Crippen molar-refractivity contribution in [2.75, 3.05) is 0 Å². The van der Waals surface area contributed by atoms with E-state index in [0.29, 0.717) is 0 Å². The highest BCUT2D eigenvalue weighted by Gasteiger charge is 2.82. The molecular formula is C4N8O13. The summed E-state index contributed by atoms with van der Waals surface area (Å²) in [7, 11) is 0. The lowest BCUT2D eigenvalue weighted by molar-refractivity contribution is -0.989. The quantitative estimate of drug-likeness (QED) is 0.270. The molecule has 1 rings (SSSR count). The molecule has 21 nitrogen and oxygen atoms in total. The molecule has 0 fully saturated rings. The molecule has 25 heavy (non-hydrogen) atoms. The Kier molecular flexibility index (Phi) is 4.19. The van der Waals surface area contributed by atoms with Gasteiger partial charge in [0.05, 0.1) is 0 Å². The van der Waals surface area contributed by atoms with Crippen LogP contribution < -0.4 is 0 Å². The smallest absolute Gasteiger partial charge is 0.315 e. The van der Waals surface area contributed by atoms with Crippen molar-refractivity contribution in [1.29, 1.82) is 0 Å². The molecule has 134 valence electrons. The third-order valence-electron chi connectivity index (χ3n) is 2.54. The van der Waals surface area contributed by atoms with E-state index in [2.05, 4.69) is 14.7 Å². The fraction of sp³-hybridized carbons (Fsp3) is 0.500. The van der Waals surface area contributed by atoms with Crippen LogP contribution in [0.1, 0.15) is 11.7 Å². The Balaban J connectivity index is 3.82. The van der Waals surface area contributed by atoms with E-state index in [4.69, 9.17) is 0 Å². The van der Waals surface area contributed by atoms with Gasteiger partial charge in [0, 0.05) is 0 Å². The zero-order valence-corrected chi connectivity index (χ0v) is 10.9. The first-order valence-corrected chi connectivity index (χ1v) is 5.09. The summed E-state index contributed by atoms with van der Waals surface area (Å²) >= 11 is 0. The van der Waals surface area contributed by atoms with Crippen molar-refractivity contribution in [3.63, 3.8) is 0 Å². The maximum atomic E-state index is 10.8. The van der Waals surface area contributed by atoms with Gasteiger partial charge >= 0.3 is 23.3 Å². The molecular weight excluding hydrogens is 368 g/mol. The Morgan fingerprint density at radius 3 is 1.24 bits per heavy atom. The third-order valence-corrected chi connectivity index (χ3v) is 2.54. The number of nitrogens with zero attached hydrogens (tertiary/aromatic N) is 8. The van der Waals surface area contributed by atoms with Crippen LogP contribution in [0.2, 0.25) is 0 Å². The first kappa shape index (κ1) is 18.6. The van der Waals surface area contributed by atoms with Crippen LogP contribution in [0.25, 0.3) is 0 Å². The Bertz CT molecular complexity index is 672. The van der Waals surface area contributed by atoms with Crippen LogP contribution >= 0.6 is 0 Å². The zero-order chi connectivity index (χ0) is 19.7. The minimum absolute atomic E-state index is 2.11. The van der Waals surface area contributed by atoms with Gasteiger partial charge in [0.2, 0.25) is 0 Å². The summed E-state index contributed by atoms with van der Waals surface area (Å²) in [6.45, 7) is 0. The number of hydrogen-bond donors (Lipinski definition) is 0. The second kappa shape index (κ2) is 5.63. The van der Waals surface area contributed by atoms with Crippen molar-refractivity contribution in [2.24, 2.45) is 0 Å². The maximum absolute atomic E-state index is 10.8. The minimum atomic E-state index is -4.60. The predicted octanol–water partition coefficient (Wildman–Crippen LogP) is -2.05. The Hall–Kier alpha value is -4.46. The van der Waals surface area contributed by atoms with Crippen molar-refractivity contribution in [3.8, 4) is 0 Å². The van der Waals surface area contributed by atoms with E-state index in [1.54, 1.807) is 0 Å². The summed E-state index contributed by atoms with van der Waals surface area (Å²) < 4.78 is 3.77. The van der Waals surface area contributed by atoms with Crippen molar-refractivity contribution in [3.05, 3.63) is 72.4 Å². The molecule has 0 saturated carbocycles. The van der Waals surface area contributed by atoms with Crippen molar-refractivity contribution in [2.45, 2.75) is 11.6 Å². The third kappa shape index (κ3) is 2.18. The summed E-state index contributed by atoms with van der Waals surface area (Å²) in [4.78, 5) is 54.1. The van der Waals surface area contributed by atoms with Gasteiger partial charge in [-0.05, 0) is 5.16 Å². The molecule has 0 aliphatic carbocycles. The highest BCUT2D eigenvalue weighted by molar-refractivity contribution is 4.94. The number of nitro groups is 6. The van der Waals surface area contributed by atoms with Crippen LogP contribution in [-0.2, 0) is 11.6 Å². The summed E-state index contributed by atoms with van der Waals surface area (Å²) in [5.74, 6) is -13.5. The second-order valence-corrected chi connectivity index (χ2v) is 3.74. The molecule has 0 bridgehead atoms. The van der Waals surface area contributed by atoms with Crippen molar-refractivity contribution < 1.29 is 34.1 Å². The Morgan fingerprint density at radius 2 is 0.960 bits per heavy atom. The monoisotopic (exact) mass is 368 g/mol. The molecule has 0 saturated heterocycles. The maximum Gasteiger partial charge on any atom is 0.782 e. The molecule has 0 unspecified atom stereocenters. The molecule has 0 aromatic carbocycles. The van der Waals surface area contributed by atoms with Gasteiger partial charge < -0.3 is 4.52 Å². The van der Waals surface area contributed by atoms with Crippen LogP contribution in [0.15, 0.2) is 4.52 Å². The highest BCUT2D eigenvalue weighted by atomic mass is 16.8. The van der Waals surface area contributed by atoms with Crippen molar-refractivity contribution >= 4 is 0 Å². The van der Waals surface area contributed by atoms with Crippen LogP contribution in [0.5, 0.6) is 0 Å². The number of rotatable bonds is 8. The van der Waals surface area contributed by atoms with Crippen LogP contribution in [-0.4, -0.2) is 39.7 Å². The topological polar surface area (TPSA) is 298 Å². The van der Waals surface area contributed by atoms with E-state index in [-0.39, 0.29) is 0 Å². The van der Waals surface area contributed by atoms with E-state index in [0.717, 1.165) is 0 Å². The van der Waals surface area contributed by atoms with Crippen LogP contribution in [0, 0.1) is 60.7 Å². The molecule has 0 amide bonds. The lowest BCUT2D eigenvalue weighted by atomic mass is 10.3.